The molecule has 1 N–H and O–H groups in total. The zero-order valence-electron chi connectivity index (χ0n) is 16.0. The second kappa shape index (κ2) is 8.12. The summed E-state index contributed by atoms with van der Waals surface area (Å²) in [4.78, 5) is 28.2. The highest BCUT2D eigenvalue weighted by atomic mass is 32.1. The van der Waals surface area contributed by atoms with Crippen molar-refractivity contribution in [2.24, 2.45) is 0 Å². The van der Waals surface area contributed by atoms with E-state index in [9.17, 15) is 19.1 Å². The molecule has 0 radical (unpaired) electrons. The standard InChI is InChI=1S/C23H18FNO4S/c1-29-17-10-6-14(7-11-17)20-19(21(26)15-4-8-16(24)9-5-15)22(27)23(28)25(20)13-18-3-2-12-30-18/h2-12,20,26H,13H2,1H3/b21-19+. The summed E-state index contributed by atoms with van der Waals surface area (Å²) in [6.45, 7) is 0.235. The van der Waals surface area contributed by atoms with Crippen LogP contribution >= 0.6 is 11.3 Å². The number of methoxy groups -OCH3 is 1. The van der Waals surface area contributed by atoms with Crippen LogP contribution in [0.15, 0.2) is 71.6 Å². The topological polar surface area (TPSA) is 66.8 Å². The Labute approximate surface area is 176 Å². The molecule has 30 heavy (non-hydrogen) atoms. The van der Waals surface area contributed by atoms with Gasteiger partial charge in [0.05, 0.1) is 25.3 Å². The van der Waals surface area contributed by atoms with Crippen LogP contribution in [0, 0.1) is 5.82 Å². The molecule has 1 aliphatic heterocycles. The van der Waals surface area contributed by atoms with Crippen molar-refractivity contribution in [3.05, 3.63) is 93.4 Å². The molecule has 0 saturated carbocycles. The average Bonchev–Trinajstić information content (AvgIpc) is 3.36. The maximum Gasteiger partial charge on any atom is 0.295 e. The van der Waals surface area contributed by atoms with Gasteiger partial charge in [0.1, 0.15) is 17.3 Å². The lowest BCUT2D eigenvalue weighted by atomic mass is 9.95. The Morgan fingerprint density at radius 1 is 1.10 bits per heavy atom. The Bertz CT molecular complexity index is 1110. The molecule has 1 aliphatic rings. The predicted octanol–water partition coefficient (Wildman–Crippen LogP) is 4.52. The van der Waals surface area contributed by atoms with Crippen LogP contribution in [0.2, 0.25) is 0 Å². The number of likely N-dealkylation sites (tertiary alicyclic amines) is 1. The number of carbonyl (C=O) groups is 2. The minimum absolute atomic E-state index is 0.0201. The molecule has 1 amide bonds. The van der Waals surface area contributed by atoms with Gasteiger partial charge >= 0.3 is 0 Å². The van der Waals surface area contributed by atoms with Gasteiger partial charge in [-0.2, -0.15) is 0 Å². The van der Waals surface area contributed by atoms with Crippen LogP contribution in [0.5, 0.6) is 5.75 Å². The number of carbonyl (C=O) groups excluding carboxylic acids is 2. The molecule has 1 unspecified atom stereocenters. The van der Waals surface area contributed by atoms with Crippen LogP contribution in [-0.4, -0.2) is 28.8 Å². The first kappa shape index (κ1) is 19.8. The first-order valence-electron chi connectivity index (χ1n) is 9.20. The van der Waals surface area contributed by atoms with Crippen LogP contribution in [0.1, 0.15) is 22.0 Å². The van der Waals surface area contributed by atoms with Gasteiger partial charge in [-0.1, -0.05) is 18.2 Å². The highest BCUT2D eigenvalue weighted by Gasteiger charge is 2.46. The third-order valence-corrected chi connectivity index (χ3v) is 5.86. The molecule has 7 heteroatoms. The summed E-state index contributed by atoms with van der Waals surface area (Å²) in [6, 6.07) is 15.1. The molecule has 2 aromatic carbocycles. The lowest BCUT2D eigenvalue weighted by molar-refractivity contribution is -0.140. The Kier molecular flexibility index (Phi) is 5.37. The zero-order chi connectivity index (χ0) is 21.3. The molecule has 0 aliphatic carbocycles. The van der Waals surface area contributed by atoms with Crippen LogP contribution in [0.4, 0.5) is 4.39 Å². The van der Waals surface area contributed by atoms with Crippen molar-refractivity contribution in [1.29, 1.82) is 0 Å². The molecule has 1 atom stereocenters. The fourth-order valence-electron chi connectivity index (χ4n) is 3.51. The van der Waals surface area contributed by atoms with Crippen LogP contribution in [0.3, 0.4) is 0 Å². The number of nitrogens with zero attached hydrogens (tertiary/aromatic N) is 1. The zero-order valence-corrected chi connectivity index (χ0v) is 16.9. The van der Waals surface area contributed by atoms with Gasteiger partial charge in [0, 0.05) is 10.4 Å². The lowest BCUT2D eigenvalue weighted by Crippen LogP contribution is -2.28. The normalized spacial score (nSPS) is 18.1. The monoisotopic (exact) mass is 423 g/mol. The van der Waals surface area contributed by atoms with E-state index in [1.807, 2.05) is 17.5 Å². The van der Waals surface area contributed by atoms with E-state index in [1.165, 1.54) is 40.5 Å². The van der Waals surface area contributed by atoms with Gasteiger partial charge in [-0.15, -0.1) is 11.3 Å². The third-order valence-electron chi connectivity index (χ3n) is 5.00. The number of amides is 1. The molecule has 1 aromatic heterocycles. The Hall–Kier alpha value is -3.45. The molecular formula is C23H18FNO4S. The van der Waals surface area contributed by atoms with Crippen LogP contribution in [-0.2, 0) is 16.1 Å². The Morgan fingerprint density at radius 2 is 1.80 bits per heavy atom. The molecule has 0 bridgehead atoms. The van der Waals surface area contributed by atoms with Crippen molar-refractivity contribution in [3.63, 3.8) is 0 Å². The molecule has 1 saturated heterocycles. The van der Waals surface area contributed by atoms with Crippen molar-refractivity contribution in [2.45, 2.75) is 12.6 Å². The van der Waals surface area contributed by atoms with E-state index >= 15 is 0 Å². The minimum Gasteiger partial charge on any atom is -0.507 e. The molecule has 2 heterocycles. The van der Waals surface area contributed by atoms with Gasteiger partial charge < -0.3 is 14.7 Å². The van der Waals surface area contributed by atoms with Gasteiger partial charge in [0.2, 0.25) is 0 Å². The van der Waals surface area contributed by atoms with Crippen LogP contribution in [0.25, 0.3) is 5.76 Å². The number of hydrogen-bond acceptors (Lipinski definition) is 5. The number of hydrogen-bond donors (Lipinski definition) is 1. The SMILES string of the molecule is COc1ccc(C2/C(=C(\O)c3ccc(F)cc3)C(=O)C(=O)N2Cc2cccs2)cc1. The minimum atomic E-state index is -0.775. The molecule has 5 nitrogen and oxygen atoms in total. The van der Waals surface area contributed by atoms with Gasteiger partial charge in [-0.3, -0.25) is 9.59 Å². The summed E-state index contributed by atoms with van der Waals surface area (Å²) in [5, 5.41) is 12.8. The summed E-state index contributed by atoms with van der Waals surface area (Å²) >= 11 is 1.48. The maximum absolute atomic E-state index is 13.3. The maximum atomic E-state index is 13.3. The van der Waals surface area contributed by atoms with Gasteiger partial charge in [-0.25, -0.2) is 4.39 Å². The van der Waals surface area contributed by atoms with Crippen molar-refractivity contribution >= 4 is 28.8 Å². The summed E-state index contributed by atoms with van der Waals surface area (Å²) in [5.74, 6) is -1.62. The average molecular weight is 423 g/mol. The molecule has 152 valence electrons. The molecular weight excluding hydrogens is 405 g/mol. The van der Waals surface area contributed by atoms with Gasteiger partial charge in [-0.05, 0) is 53.4 Å². The number of Topliss-reactive ketones (excluding diaryl/α,β-unsaturated/α-hetero) is 1. The second-order valence-corrected chi connectivity index (χ2v) is 7.82. The van der Waals surface area contributed by atoms with Gasteiger partial charge in [0.15, 0.2) is 0 Å². The fraction of sp³-hybridized carbons (Fsp3) is 0.130. The lowest BCUT2D eigenvalue weighted by Gasteiger charge is -2.25. The molecule has 4 rings (SSSR count). The largest absolute Gasteiger partial charge is 0.507 e. The van der Waals surface area contributed by atoms with Crippen molar-refractivity contribution in [2.75, 3.05) is 7.11 Å². The Morgan fingerprint density at radius 3 is 2.40 bits per heavy atom. The number of ether oxygens (including phenoxy) is 1. The number of thiophene rings is 1. The van der Waals surface area contributed by atoms with E-state index in [1.54, 1.807) is 31.4 Å². The smallest absolute Gasteiger partial charge is 0.295 e. The highest BCUT2D eigenvalue weighted by molar-refractivity contribution is 7.09. The number of benzene rings is 2. The van der Waals surface area contributed by atoms with E-state index in [0.29, 0.717) is 11.3 Å². The molecule has 1 fully saturated rings. The van der Waals surface area contributed by atoms with Crippen molar-refractivity contribution in [3.8, 4) is 5.75 Å². The number of aliphatic hydroxyl groups is 1. The second-order valence-electron chi connectivity index (χ2n) is 6.79. The van der Waals surface area contributed by atoms with E-state index < -0.39 is 23.5 Å². The number of rotatable bonds is 5. The van der Waals surface area contributed by atoms with E-state index in [0.717, 1.165) is 4.88 Å². The number of halogens is 1. The van der Waals surface area contributed by atoms with E-state index in [4.69, 9.17) is 4.74 Å². The molecule has 3 aromatic rings. The van der Waals surface area contributed by atoms with E-state index in [-0.39, 0.29) is 23.4 Å². The first-order chi connectivity index (χ1) is 14.5. The number of ketones is 1. The van der Waals surface area contributed by atoms with Crippen molar-refractivity contribution < 1.29 is 23.8 Å². The summed E-state index contributed by atoms with van der Waals surface area (Å²) in [5.41, 5.74) is 0.910. The van der Waals surface area contributed by atoms with Crippen molar-refractivity contribution in [1.82, 2.24) is 4.90 Å². The van der Waals surface area contributed by atoms with Gasteiger partial charge in [0.25, 0.3) is 11.7 Å². The number of aliphatic hydroxyl groups excluding tert-OH is 1. The van der Waals surface area contributed by atoms with E-state index in [2.05, 4.69) is 0 Å². The fourth-order valence-corrected chi connectivity index (χ4v) is 4.21. The third kappa shape index (κ3) is 3.59. The predicted molar refractivity (Wildman–Crippen MR) is 112 cm³/mol. The summed E-state index contributed by atoms with van der Waals surface area (Å²) in [6.07, 6.45) is 0. The van der Waals surface area contributed by atoms with Crippen LogP contribution < -0.4 is 4.74 Å². The summed E-state index contributed by atoms with van der Waals surface area (Å²) in [7, 11) is 1.55. The Balaban J connectivity index is 1.85. The molecule has 0 spiro atoms. The first-order valence-corrected chi connectivity index (χ1v) is 10.1. The summed E-state index contributed by atoms with van der Waals surface area (Å²) < 4.78 is 18.5. The quantitative estimate of drug-likeness (QED) is 0.372. The highest BCUT2D eigenvalue weighted by Crippen LogP contribution is 2.41.